The zero-order valence-electron chi connectivity index (χ0n) is 12.1. The van der Waals surface area contributed by atoms with E-state index in [0.29, 0.717) is 31.3 Å². The molecule has 0 fully saturated rings. The predicted octanol–water partition coefficient (Wildman–Crippen LogP) is 2.98. The van der Waals surface area contributed by atoms with Crippen LogP contribution in [0.1, 0.15) is 36.5 Å². The van der Waals surface area contributed by atoms with Crippen LogP contribution in [0.3, 0.4) is 0 Å². The third-order valence-electron chi connectivity index (χ3n) is 2.70. The number of methoxy groups -OCH3 is 1. The van der Waals surface area contributed by atoms with E-state index < -0.39 is 5.97 Å². The average Bonchev–Trinajstić information content (AvgIpc) is 2.44. The third-order valence-corrected chi connectivity index (χ3v) is 2.70. The van der Waals surface area contributed by atoms with E-state index in [1.165, 1.54) is 12.1 Å². The van der Waals surface area contributed by atoms with Gasteiger partial charge in [0, 0.05) is 20.1 Å². The molecule has 0 heterocycles. The summed E-state index contributed by atoms with van der Waals surface area (Å²) in [5.74, 6) is 0.0739. The highest BCUT2D eigenvalue weighted by atomic mass is 16.5. The summed E-state index contributed by atoms with van der Waals surface area (Å²) in [6.45, 7) is 3.74. The van der Waals surface area contributed by atoms with Crippen molar-refractivity contribution in [3.8, 4) is 11.5 Å². The Morgan fingerprint density at radius 3 is 2.45 bits per heavy atom. The summed E-state index contributed by atoms with van der Waals surface area (Å²) in [5, 5.41) is 9.01. The monoisotopic (exact) mass is 282 g/mol. The standard InChI is InChI=1S/C15H22O5/c1-3-4-9-19-13-7-6-12(15(16)17)11-14(13)20-10-5-8-18-2/h6-7,11H,3-5,8-10H2,1-2H3,(H,16,17). The Morgan fingerprint density at radius 1 is 1.10 bits per heavy atom. The van der Waals surface area contributed by atoms with E-state index in [-0.39, 0.29) is 5.56 Å². The molecule has 0 aliphatic heterocycles. The highest BCUT2D eigenvalue weighted by molar-refractivity contribution is 5.88. The Bertz CT molecular complexity index is 417. The molecule has 5 heteroatoms. The van der Waals surface area contributed by atoms with Gasteiger partial charge in [0.05, 0.1) is 18.8 Å². The number of carboxylic acids is 1. The molecule has 0 aliphatic carbocycles. The van der Waals surface area contributed by atoms with Crippen LogP contribution in [0.2, 0.25) is 0 Å². The number of hydrogen-bond donors (Lipinski definition) is 1. The first-order chi connectivity index (χ1) is 9.69. The van der Waals surface area contributed by atoms with Gasteiger partial charge in [0.1, 0.15) is 0 Å². The van der Waals surface area contributed by atoms with Crippen molar-refractivity contribution in [2.24, 2.45) is 0 Å². The molecule has 0 saturated heterocycles. The molecule has 5 nitrogen and oxygen atoms in total. The summed E-state index contributed by atoms with van der Waals surface area (Å²) in [7, 11) is 1.63. The summed E-state index contributed by atoms with van der Waals surface area (Å²) in [5.41, 5.74) is 0.189. The molecule has 0 aromatic heterocycles. The highest BCUT2D eigenvalue weighted by Gasteiger charge is 2.10. The van der Waals surface area contributed by atoms with Gasteiger partial charge < -0.3 is 19.3 Å². The van der Waals surface area contributed by atoms with Gasteiger partial charge in [-0.3, -0.25) is 0 Å². The minimum atomic E-state index is -0.980. The molecule has 0 radical (unpaired) electrons. The Hall–Kier alpha value is -1.75. The maximum absolute atomic E-state index is 11.0. The van der Waals surface area contributed by atoms with Crippen LogP contribution in [-0.2, 0) is 4.74 Å². The van der Waals surface area contributed by atoms with E-state index in [1.807, 2.05) is 0 Å². The largest absolute Gasteiger partial charge is 0.490 e. The van der Waals surface area contributed by atoms with Gasteiger partial charge in [0.25, 0.3) is 0 Å². The normalized spacial score (nSPS) is 10.3. The van der Waals surface area contributed by atoms with Crippen molar-refractivity contribution in [2.75, 3.05) is 26.9 Å². The van der Waals surface area contributed by atoms with Gasteiger partial charge >= 0.3 is 5.97 Å². The molecular formula is C15H22O5. The number of carboxylic acid groups (broad SMARTS) is 1. The lowest BCUT2D eigenvalue weighted by atomic mass is 10.2. The number of unbranched alkanes of at least 4 members (excludes halogenated alkanes) is 1. The number of hydrogen-bond acceptors (Lipinski definition) is 4. The number of ether oxygens (including phenoxy) is 3. The summed E-state index contributed by atoms with van der Waals surface area (Å²) >= 11 is 0. The molecule has 0 bridgehead atoms. The van der Waals surface area contributed by atoms with E-state index in [1.54, 1.807) is 13.2 Å². The quantitative estimate of drug-likeness (QED) is 0.668. The van der Waals surface area contributed by atoms with Crippen molar-refractivity contribution < 1.29 is 24.1 Å². The van der Waals surface area contributed by atoms with Gasteiger partial charge in [-0.1, -0.05) is 13.3 Å². The summed E-state index contributed by atoms with van der Waals surface area (Å²) in [6, 6.07) is 4.66. The van der Waals surface area contributed by atoms with Crippen molar-refractivity contribution in [3.05, 3.63) is 23.8 Å². The van der Waals surface area contributed by atoms with Crippen LogP contribution in [0.4, 0.5) is 0 Å². The van der Waals surface area contributed by atoms with Gasteiger partial charge in [0.2, 0.25) is 0 Å². The van der Waals surface area contributed by atoms with Crippen LogP contribution >= 0.6 is 0 Å². The first-order valence-corrected chi connectivity index (χ1v) is 6.81. The van der Waals surface area contributed by atoms with Crippen LogP contribution in [0.25, 0.3) is 0 Å². The minimum absolute atomic E-state index is 0.189. The molecule has 1 aromatic rings. The second-order valence-electron chi connectivity index (χ2n) is 4.36. The molecule has 0 atom stereocenters. The van der Waals surface area contributed by atoms with E-state index in [9.17, 15) is 4.79 Å². The van der Waals surface area contributed by atoms with Crippen LogP contribution in [-0.4, -0.2) is 38.0 Å². The molecule has 0 aliphatic rings. The average molecular weight is 282 g/mol. The Morgan fingerprint density at radius 2 is 1.80 bits per heavy atom. The second-order valence-corrected chi connectivity index (χ2v) is 4.36. The van der Waals surface area contributed by atoms with Gasteiger partial charge in [0.15, 0.2) is 11.5 Å². The SMILES string of the molecule is CCCCOc1ccc(C(=O)O)cc1OCCCOC. The molecule has 20 heavy (non-hydrogen) atoms. The molecule has 0 unspecified atom stereocenters. The smallest absolute Gasteiger partial charge is 0.335 e. The molecule has 112 valence electrons. The fraction of sp³-hybridized carbons (Fsp3) is 0.533. The first-order valence-electron chi connectivity index (χ1n) is 6.81. The van der Waals surface area contributed by atoms with Crippen molar-refractivity contribution in [1.82, 2.24) is 0 Å². The maximum Gasteiger partial charge on any atom is 0.335 e. The molecule has 0 spiro atoms. The van der Waals surface area contributed by atoms with E-state index in [4.69, 9.17) is 19.3 Å². The molecule has 1 aromatic carbocycles. The molecule has 0 saturated carbocycles. The van der Waals surface area contributed by atoms with Crippen molar-refractivity contribution in [1.29, 1.82) is 0 Å². The fourth-order valence-corrected chi connectivity index (χ4v) is 1.58. The first kappa shape index (κ1) is 16.3. The van der Waals surface area contributed by atoms with Gasteiger partial charge in [-0.05, 0) is 24.6 Å². The van der Waals surface area contributed by atoms with Crippen molar-refractivity contribution >= 4 is 5.97 Å². The maximum atomic E-state index is 11.0. The molecule has 1 rings (SSSR count). The van der Waals surface area contributed by atoms with Crippen LogP contribution in [0, 0.1) is 0 Å². The third kappa shape index (κ3) is 5.48. The van der Waals surface area contributed by atoms with Gasteiger partial charge in [-0.25, -0.2) is 4.79 Å². The Kier molecular flexibility index (Phi) is 7.50. The minimum Gasteiger partial charge on any atom is -0.490 e. The van der Waals surface area contributed by atoms with Crippen molar-refractivity contribution in [3.63, 3.8) is 0 Å². The highest BCUT2D eigenvalue weighted by Crippen LogP contribution is 2.29. The zero-order chi connectivity index (χ0) is 14.8. The second kappa shape index (κ2) is 9.20. The summed E-state index contributed by atoms with van der Waals surface area (Å²) < 4.78 is 16.2. The number of rotatable bonds is 10. The lowest BCUT2D eigenvalue weighted by Crippen LogP contribution is -2.06. The number of benzene rings is 1. The zero-order valence-corrected chi connectivity index (χ0v) is 12.1. The lowest BCUT2D eigenvalue weighted by molar-refractivity contribution is 0.0696. The molecule has 0 amide bonds. The summed E-state index contributed by atoms with van der Waals surface area (Å²) in [6.07, 6.45) is 2.73. The number of aromatic carboxylic acids is 1. The Balaban J connectivity index is 2.72. The topological polar surface area (TPSA) is 65.0 Å². The van der Waals surface area contributed by atoms with E-state index >= 15 is 0 Å². The van der Waals surface area contributed by atoms with Crippen LogP contribution in [0.5, 0.6) is 11.5 Å². The Labute approximate surface area is 119 Å². The van der Waals surface area contributed by atoms with E-state index in [2.05, 4.69) is 6.92 Å². The van der Waals surface area contributed by atoms with Gasteiger partial charge in [-0.15, -0.1) is 0 Å². The molecule has 1 N–H and O–H groups in total. The van der Waals surface area contributed by atoms with Crippen molar-refractivity contribution in [2.45, 2.75) is 26.2 Å². The number of carbonyl (C=O) groups is 1. The van der Waals surface area contributed by atoms with Crippen LogP contribution in [0.15, 0.2) is 18.2 Å². The predicted molar refractivity (Wildman–Crippen MR) is 75.8 cm³/mol. The molecular weight excluding hydrogens is 260 g/mol. The fourth-order valence-electron chi connectivity index (χ4n) is 1.58. The van der Waals surface area contributed by atoms with Gasteiger partial charge in [-0.2, -0.15) is 0 Å². The van der Waals surface area contributed by atoms with E-state index in [0.717, 1.165) is 19.3 Å². The lowest BCUT2D eigenvalue weighted by Gasteiger charge is -2.13. The van der Waals surface area contributed by atoms with Crippen LogP contribution < -0.4 is 9.47 Å². The summed E-state index contributed by atoms with van der Waals surface area (Å²) in [4.78, 5) is 11.0.